The van der Waals surface area contributed by atoms with E-state index in [1.54, 1.807) is 13.8 Å². The Morgan fingerprint density at radius 3 is 2.70 bits per heavy atom. The van der Waals surface area contributed by atoms with E-state index in [1.165, 1.54) is 36.1 Å². The molecule has 164 valence electrons. The van der Waals surface area contributed by atoms with Gasteiger partial charge >= 0.3 is 11.7 Å². The highest BCUT2D eigenvalue weighted by atomic mass is 16.8. The fourth-order valence-electron chi connectivity index (χ4n) is 5.21. The van der Waals surface area contributed by atoms with Crippen LogP contribution in [0, 0.1) is 11.3 Å². The Labute approximate surface area is 173 Å². The van der Waals surface area contributed by atoms with Gasteiger partial charge in [0.1, 0.15) is 24.9 Å². The van der Waals surface area contributed by atoms with Crippen molar-refractivity contribution in [2.24, 2.45) is 11.3 Å². The molecule has 4 atom stereocenters. The predicted octanol–water partition coefficient (Wildman–Crippen LogP) is 1.59. The lowest BCUT2D eigenvalue weighted by molar-refractivity contribution is -0.204. The topological polar surface area (TPSA) is 121 Å². The Morgan fingerprint density at radius 1 is 1.33 bits per heavy atom. The van der Waals surface area contributed by atoms with Crippen molar-refractivity contribution in [2.75, 3.05) is 12.1 Å². The predicted molar refractivity (Wildman–Crippen MR) is 102 cm³/mol. The van der Waals surface area contributed by atoms with Crippen LogP contribution in [0.2, 0.25) is 0 Å². The van der Waals surface area contributed by atoms with Crippen LogP contribution in [-0.4, -0.2) is 51.4 Å². The number of fused-ring (bicyclic) bond motifs is 1. The molecule has 0 radical (unpaired) electrons. The van der Waals surface area contributed by atoms with Crippen LogP contribution in [0.4, 0.5) is 5.82 Å². The van der Waals surface area contributed by atoms with Crippen molar-refractivity contribution in [1.82, 2.24) is 9.55 Å². The number of rotatable bonds is 5. The molecule has 5 rings (SSSR count). The first-order valence-electron chi connectivity index (χ1n) is 10.5. The zero-order valence-corrected chi connectivity index (χ0v) is 17.1. The van der Waals surface area contributed by atoms with E-state index >= 15 is 0 Å². The Hall–Kier alpha value is -2.01. The van der Waals surface area contributed by atoms with Gasteiger partial charge in [0.2, 0.25) is 0 Å². The first kappa shape index (κ1) is 19.9. The minimum absolute atomic E-state index is 0.0270. The molecule has 2 saturated carbocycles. The third kappa shape index (κ3) is 3.31. The number of carbonyl (C=O) groups is 1. The van der Waals surface area contributed by atoms with Gasteiger partial charge in [-0.2, -0.15) is 4.98 Å². The highest BCUT2D eigenvalue weighted by Gasteiger charge is 2.57. The van der Waals surface area contributed by atoms with Crippen LogP contribution >= 0.6 is 0 Å². The third-order valence-electron chi connectivity index (χ3n) is 6.84. The van der Waals surface area contributed by atoms with Crippen LogP contribution in [0.3, 0.4) is 0 Å². The van der Waals surface area contributed by atoms with Gasteiger partial charge in [-0.25, -0.2) is 4.79 Å². The summed E-state index contributed by atoms with van der Waals surface area (Å²) < 4.78 is 24.9. The number of nitrogens with one attached hydrogen (secondary N) is 1. The quantitative estimate of drug-likeness (QED) is 0.539. The number of anilines is 1. The summed E-state index contributed by atoms with van der Waals surface area (Å²) in [6.07, 6.45) is 4.63. The summed E-state index contributed by atoms with van der Waals surface area (Å²) >= 11 is 0. The lowest BCUT2D eigenvalue weighted by atomic mass is 9.52. The average Bonchev–Trinajstić information content (AvgIpc) is 3.10. The van der Waals surface area contributed by atoms with E-state index in [1.807, 2.05) is 5.48 Å². The fraction of sp³-hybridized carbons (Fsp3) is 0.750. The van der Waals surface area contributed by atoms with Gasteiger partial charge in [0.25, 0.3) is 0 Å². The molecule has 0 unspecified atom stereocenters. The van der Waals surface area contributed by atoms with E-state index in [9.17, 15) is 9.59 Å². The van der Waals surface area contributed by atoms with Crippen molar-refractivity contribution in [1.29, 1.82) is 0 Å². The van der Waals surface area contributed by atoms with Crippen LogP contribution in [0.25, 0.3) is 0 Å². The second-order valence-electron chi connectivity index (χ2n) is 9.33. The van der Waals surface area contributed by atoms with Gasteiger partial charge in [-0.1, -0.05) is 6.42 Å². The van der Waals surface area contributed by atoms with Crippen LogP contribution in [0.15, 0.2) is 17.1 Å². The van der Waals surface area contributed by atoms with Gasteiger partial charge in [0, 0.05) is 6.20 Å². The normalized spacial score (nSPS) is 33.6. The molecule has 2 aliphatic carbocycles. The monoisotopic (exact) mass is 421 g/mol. The molecule has 1 aromatic heterocycles. The number of hydrogen-bond acceptors (Lipinski definition) is 9. The van der Waals surface area contributed by atoms with Crippen molar-refractivity contribution >= 4 is 11.8 Å². The molecule has 0 bridgehead atoms. The number of ether oxygens (including phenoxy) is 4. The molecule has 10 heteroatoms. The fourth-order valence-corrected chi connectivity index (χ4v) is 5.21. The molecule has 0 amide bonds. The maximum Gasteiger partial charge on any atom is 0.351 e. The van der Waals surface area contributed by atoms with E-state index in [2.05, 4.69) is 4.98 Å². The van der Waals surface area contributed by atoms with E-state index in [0.717, 1.165) is 12.8 Å². The highest BCUT2D eigenvalue weighted by Crippen LogP contribution is 2.58. The average molecular weight is 421 g/mol. The first-order valence-corrected chi connectivity index (χ1v) is 10.5. The number of carbonyl (C=O) groups excluding carboxylic acids is 1. The van der Waals surface area contributed by atoms with Gasteiger partial charge in [0.15, 0.2) is 17.8 Å². The minimum atomic E-state index is -0.853. The first-order chi connectivity index (χ1) is 14.3. The van der Waals surface area contributed by atoms with E-state index < -0.39 is 36.0 Å². The number of nitrogens with zero attached hydrogens (tertiary/aromatic N) is 2. The Kier molecular flexibility index (Phi) is 4.66. The van der Waals surface area contributed by atoms with Gasteiger partial charge in [-0.05, 0) is 51.0 Å². The second kappa shape index (κ2) is 7.01. The summed E-state index contributed by atoms with van der Waals surface area (Å²) in [6.45, 7) is 3.62. The molecule has 1 aromatic rings. The largest absolute Gasteiger partial charge is 0.463 e. The molecule has 2 aliphatic heterocycles. The Balaban J connectivity index is 1.27. The molecule has 4 fully saturated rings. The maximum atomic E-state index is 12.5. The zero-order valence-electron chi connectivity index (χ0n) is 17.1. The number of esters is 1. The maximum absolute atomic E-state index is 12.5. The number of aromatic nitrogens is 2. The highest BCUT2D eigenvalue weighted by molar-refractivity contribution is 5.74. The van der Waals surface area contributed by atoms with Crippen LogP contribution in [-0.2, 0) is 23.7 Å². The van der Waals surface area contributed by atoms with Crippen LogP contribution in [0.5, 0.6) is 0 Å². The van der Waals surface area contributed by atoms with E-state index in [0.29, 0.717) is 5.41 Å². The molecule has 2 N–H and O–H groups in total. The van der Waals surface area contributed by atoms with Gasteiger partial charge in [0.05, 0.1) is 5.92 Å². The van der Waals surface area contributed by atoms with Gasteiger partial charge in [-0.3, -0.25) is 20.0 Å². The van der Waals surface area contributed by atoms with Crippen LogP contribution < -0.4 is 11.2 Å². The summed E-state index contributed by atoms with van der Waals surface area (Å²) in [5.41, 5.74) is 1.64. The molecule has 0 aromatic carbocycles. The summed E-state index contributed by atoms with van der Waals surface area (Å²) in [6, 6.07) is 1.45. The summed E-state index contributed by atoms with van der Waals surface area (Å²) in [5.74, 6) is -1.04. The van der Waals surface area contributed by atoms with Crippen molar-refractivity contribution in [3.63, 3.8) is 0 Å². The molecule has 3 heterocycles. The smallest absolute Gasteiger partial charge is 0.351 e. The third-order valence-corrected chi connectivity index (χ3v) is 6.84. The molecular weight excluding hydrogens is 394 g/mol. The summed E-state index contributed by atoms with van der Waals surface area (Å²) in [5, 5.41) is 8.94. The molecule has 2 saturated heterocycles. The Bertz CT molecular complexity index is 889. The van der Waals surface area contributed by atoms with Gasteiger partial charge in [-0.15, -0.1) is 0 Å². The SMILES string of the molecule is CC1(C)O[C@@H]2[C@H](O1)[C@@H](COC(=O)C1CC3(CCC3)C1)O[C@H]2n1ccc(NO)nc1=O. The second-order valence-corrected chi connectivity index (χ2v) is 9.33. The summed E-state index contributed by atoms with van der Waals surface area (Å²) in [4.78, 5) is 28.6. The van der Waals surface area contributed by atoms with Crippen molar-refractivity contribution in [3.8, 4) is 0 Å². The number of hydrogen-bond donors (Lipinski definition) is 2. The molecule has 4 aliphatic rings. The van der Waals surface area contributed by atoms with E-state index in [4.69, 9.17) is 24.2 Å². The lowest BCUT2D eigenvalue weighted by Gasteiger charge is -2.53. The van der Waals surface area contributed by atoms with E-state index in [-0.39, 0.29) is 24.3 Å². The molecule has 10 nitrogen and oxygen atoms in total. The van der Waals surface area contributed by atoms with Crippen molar-refractivity contribution in [3.05, 3.63) is 22.7 Å². The molecular formula is C20H27N3O7. The van der Waals surface area contributed by atoms with Crippen LogP contribution in [0.1, 0.15) is 52.2 Å². The lowest BCUT2D eigenvalue weighted by Crippen LogP contribution is -2.46. The van der Waals surface area contributed by atoms with Gasteiger partial charge < -0.3 is 18.9 Å². The molecule has 30 heavy (non-hydrogen) atoms. The zero-order chi connectivity index (χ0) is 21.1. The Morgan fingerprint density at radius 2 is 2.07 bits per heavy atom. The van der Waals surface area contributed by atoms with Crippen molar-refractivity contribution < 1.29 is 28.9 Å². The molecule has 1 spiro atoms. The summed E-state index contributed by atoms with van der Waals surface area (Å²) in [7, 11) is 0. The minimum Gasteiger partial charge on any atom is -0.463 e. The standard InChI is InChI=1S/C20H27N3O7/c1-19(2)29-14-12(10-27-17(24)11-8-20(9-11)5-3-6-20)28-16(15(14)30-19)23-7-4-13(22-26)21-18(23)25/h4,7,11-12,14-16,26H,3,5-6,8-10H2,1-2H3,(H,21,22,25)/t12-,14-,15-,16-/m1/s1. The van der Waals surface area contributed by atoms with Crippen molar-refractivity contribution in [2.45, 2.75) is 76.3 Å².